The highest BCUT2D eigenvalue weighted by atomic mass is 19.4. The summed E-state index contributed by atoms with van der Waals surface area (Å²) in [6.07, 6.45) is -3.13. The van der Waals surface area contributed by atoms with Crippen LogP contribution in [0.15, 0.2) is 60.2 Å². The van der Waals surface area contributed by atoms with Gasteiger partial charge in [-0.25, -0.2) is 4.98 Å². The van der Waals surface area contributed by atoms with Crippen LogP contribution in [0.3, 0.4) is 0 Å². The number of halogens is 3. The standard InChI is InChI=1S/C24H19F3N4O2/c25-24(26,27)19-5-3-6-20(14-19)29-23(32)18(15-28)13-17-12-16-4-1-2-7-21(16)30-22(17)31-8-10-33-11-9-31/h1-7,12-14H,8-11H2,(H,29,32)/b18-13+. The first-order valence-corrected chi connectivity index (χ1v) is 10.2. The first kappa shape index (κ1) is 22.3. The van der Waals surface area contributed by atoms with E-state index in [2.05, 4.69) is 5.32 Å². The molecule has 1 fully saturated rings. The molecule has 1 saturated heterocycles. The van der Waals surface area contributed by atoms with Crippen LogP contribution in [0.1, 0.15) is 11.1 Å². The number of nitrogens with one attached hydrogen (secondary N) is 1. The second-order valence-electron chi connectivity index (χ2n) is 7.40. The summed E-state index contributed by atoms with van der Waals surface area (Å²) in [7, 11) is 0. The lowest BCUT2D eigenvalue weighted by molar-refractivity contribution is -0.137. The van der Waals surface area contributed by atoms with Gasteiger partial charge in [0, 0.05) is 29.7 Å². The second-order valence-corrected chi connectivity index (χ2v) is 7.40. The molecule has 1 amide bonds. The number of benzene rings is 2. The van der Waals surface area contributed by atoms with E-state index in [1.54, 1.807) is 0 Å². The van der Waals surface area contributed by atoms with E-state index in [0.29, 0.717) is 37.7 Å². The van der Waals surface area contributed by atoms with Crippen molar-refractivity contribution >= 4 is 34.4 Å². The molecule has 0 unspecified atom stereocenters. The lowest BCUT2D eigenvalue weighted by atomic mass is 10.1. The minimum Gasteiger partial charge on any atom is -0.378 e. The van der Waals surface area contributed by atoms with Gasteiger partial charge in [-0.05, 0) is 36.4 Å². The van der Waals surface area contributed by atoms with Gasteiger partial charge in [-0.3, -0.25) is 4.79 Å². The number of anilines is 2. The zero-order valence-electron chi connectivity index (χ0n) is 17.4. The smallest absolute Gasteiger partial charge is 0.378 e. The van der Waals surface area contributed by atoms with Crippen molar-refractivity contribution in [2.24, 2.45) is 0 Å². The Bertz CT molecular complexity index is 1260. The number of nitriles is 1. The summed E-state index contributed by atoms with van der Waals surface area (Å²) in [6, 6.07) is 15.4. The van der Waals surface area contributed by atoms with E-state index in [9.17, 15) is 23.2 Å². The van der Waals surface area contributed by atoms with Gasteiger partial charge in [0.05, 0.1) is 24.3 Å². The maximum Gasteiger partial charge on any atom is 0.416 e. The average Bonchev–Trinajstić information content (AvgIpc) is 2.82. The van der Waals surface area contributed by atoms with Gasteiger partial charge in [0.2, 0.25) is 0 Å². The lowest BCUT2D eigenvalue weighted by Crippen LogP contribution is -2.37. The van der Waals surface area contributed by atoms with Crippen molar-refractivity contribution in [3.63, 3.8) is 0 Å². The summed E-state index contributed by atoms with van der Waals surface area (Å²) in [4.78, 5) is 19.5. The van der Waals surface area contributed by atoms with Crippen molar-refractivity contribution < 1.29 is 22.7 Å². The molecule has 0 saturated carbocycles. The van der Waals surface area contributed by atoms with Crippen LogP contribution < -0.4 is 10.2 Å². The highest BCUT2D eigenvalue weighted by Gasteiger charge is 2.30. The first-order chi connectivity index (χ1) is 15.8. The molecule has 0 radical (unpaired) electrons. The van der Waals surface area contributed by atoms with Gasteiger partial charge < -0.3 is 15.0 Å². The van der Waals surface area contributed by atoms with Crippen LogP contribution in [-0.2, 0) is 15.7 Å². The van der Waals surface area contributed by atoms with Crippen molar-refractivity contribution in [3.05, 3.63) is 71.3 Å². The molecule has 1 aliphatic rings. The van der Waals surface area contributed by atoms with Gasteiger partial charge in [-0.15, -0.1) is 0 Å². The van der Waals surface area contributed by atoms with Gasteiger partial charge >= 0.3 is 6.18 Å². The molecule has 2 heterocycles. The predicted octanol–water partition coefficient (Wildman–Crippen LogP) is 4.64. The number of fused-ring (bicyclic) bond motifs is 1. The fourth-order valence-corrected chi connectivity index (χ4v) is 3.53. The van der Waals surface area contributed by atoms with Crippen LogP contribution in [0.4, 0.5) is 24.7 Å². The number of aromatic nitrogens is 1. The predicted molar refractivity (Wildman–Crippen MR) is 118 cm³/mol. The maximum absolute atomic E-state index is 13.0. The Kier molecular flexibility index (Phi) is 6.29. The Morgan fingerprint density at radius 3 is 2.61 bits per heavy atom. The summed E-state index contributed by atoms with van der Waals surface area (Å²) >= 11 is 0. The second kappa shape index (κ2) is 9.30. The molecule has 0 atom stereocenters. The summed E-state index contributed by atoms with van der Waals surface area (Å²) in [6.45, 7) is 2.26. The lowest BCUT2D eigenvalue weighted by Gasteiger charge is -2.29. The molecule has 1 aromatic heterocycles. The molecule has 0 bridgehead atoms. The number of rotatable bonds is 4. The van der Waals surface area contributed by atoms with Crippen LogP contribution in [0.25, 0.3) is 17.0 Å². The van der Waals surface area contributed by atoms with E-state index < -0.39 is 17.6 Å². The fraction of sp³-hybridized carbons (Fsp3) is 0.208. The summed E-state index contributed by atoms with van der Waals surface area (Å²) < 4.78 is 44.3. The van der Waals surface area contributed by atoms with E-state index in [1.165, 1.54) is 18.2 Å². The van der Waals surface area contributed by atoms with Crippen LogP contribution in [0, 0.1) is 11.3 Å². The molecule has 9 heteroatoms. The summed E-state index contributed by atoms with van der Waals surface area (Å²) in [5.41, 5.74) is 0.130. The number of alkyl halides is 3. The molecule has 6 nitrogen and oxygen atoms in total. The minimum absolute atomic E-state index is 0.0546. The topological polar surface area (TPSA) is 78.2 Å². The largest absolute Gasteiger partial charge is 0.416 e. The molecular weight excluding hydrogens is 433 g/mol. The van der Waals surface area contributed by atoms with Gasteiger partial charge in [0.25, 0.3) is 5.91 Å². The number of carbonyl (C=O) groups is 1. The zero-order chi connectivity index (χ0) is 23.4. The number of hydrogen-bond acceptors (Lipinski definition) is 5. The summed E-state index contributed by atoms with van der Waals surface area (Å²) in [5.74, 6) is -0.200. The third-order valence-corrected chi connectivity index (χ3v) is 5.16. The molecule has 0 spiro atoms. The van der Waals surface area contributed by atoms with Crippen molar-refractivity contribution in [2.75, 3.05) is 36.5 Å². The number of nitrogens with zero attached hydrogens (tertiary/aromatic N) is 3. The van der Waals surface area contributed by atoms with E-state index in [0.717, 1.165) is 23.0 Å². The maximum atomic E-state index is 13.0. The number of amides is 1. The van der Waals surface area contributed by atoms with Crippen molar-refractivity contribution in [2.45, 2.75) is 6.18 Å². The SMILES string of the molecule is N#C/C(=C\c1cc2ccccc2nc1N1CCOCC1)C(=O)Nc1cccc(C(F)(F)F)c1. The third kappa shape index (κ3) is 5.13. The van der Waals surface area contributed by atoms with Crippen LogP contribution in [-0.4, -0.2) is 37.2 Å². The zero-order valence-corrected chi connectivity index (χ0v) is 17.4. The quantitative estimate of drug-likeness (QED) is 0.461. The van der Waals surface area contributed by atoms with Gasteiger partial charge in [0.1, 0.15) is 17.5 Å². The van der Waals surface area contributed by atoms with Gasteiger partial charge in [-0.1, -0.05) is 24.3 Å². The Morgan fingerprint density at radius 2 is 1.88 bits per heavy atom. The van der Waals surface area contributed by atoms with E-state index in [4.69, 9.17) is 9.72 Å². The average molecular weight is 452 g/mol. The molecule has 0 aliphatic carbocycles. The fourth-order valence-electron chi connectivity index (χ4n) is 3.53. The number of carbonyl (C=O) groups excluding carboxylic acids is 1. The van der Waals surface area contributed by atoms with Crippen LogP contribution >= 0.6 is 0 Å². The number of morpholine rings is 1. The number of para-hydroxylation sites is 1. The Morgan fingerprint density at radius 1 is 1.12 bits per heavy atom. The highest BCUT2D eigenvalue weighted by molar-refractivity contribution is 6.10. The number of ether oxygens (including phenoxy) is 1. The van der Waals surface area contributed by atoms with E-state index >= 15 is 0 Å². The number of hydrogen-bond donors (Lipinski definition) is 1. The van der Waals surface area contributed by atoms with Crippen LogP contribution in [0.5, 0.6) is 0 Å². The molecule has 1 N–H and O–H groups in total. The van der Waals surface area contributed by atoms with Crippen molar-refractivity contribution in [1.29, 1.82) is 5.26 Å². The first-order valence-electron chi connectivity index (χ1n) is 10.2. The van der Waals surface area contributed by atoms with Gasteiger partial charge in [-0.2, -0.15) is 18.4 Å². The molecule has 4 rings (SSSR count). The molecule has 168 valence electrons. The minimum atomic E-state index is -4.54. The van der Waals surface area contributed by atoms with E-state index in [1.807, 2.05) is 41.3 Å². The third-order valence-electron chi connectivity index (χ3n) is 5.16. The molecule has 1 aliphatic heterocycles. The highest BCUT2D eigenvalue weighted by Crippen LogP contribution is 2.31. The number of pyridine rings is 1. The van der Waals surface area contributed by atoms with Crippen molar-refractivity contribution in [1.82, 2.24) is 4.98 Å². The molecular formula is C24H19F3N4O2. The van der Waals surface area contributed by atoms with Crippen molar-refractivity contribution in [3.8, 4) is 6.07 Å². The van der Waals surface area contributed by atoms with E-state index in [-0.39, 0.29) is 11.3 Å². The normalized spacial score (nSPS) is 14.7. The summed E-state index contributed by atoms with van der Waals surface area (Å²) in [5, 5.41) is 12.8. The Balaban J connectivity index is 1.69. The monoisotopic (exact) mass is 452 g/mol. The van der Waals surface area contributed by atoms with Gasteiger partial charge in [0.15, 0.2) is 0 Å². The molecule has 3 aromatic rings. The molecule has 33 heavy (non-hydrogen) atoms. The Labute approximate surface area is 187 Å². The van der Waals surface area contributed by atoms with Crippen LogP contribution in [0.2, 0.25) is 0 Å². The Hall–Kier alpha value is -3.90. The molecule has 2 aromatic carbocycles.